The first kappa shape index (κ1) is 16.4. The van der Waals surface area contributed by atoms with Gasteiger partial charge in [-0.15, -0.1) is 0 Å². The van der Waals surface area contributed by atoms with Crippen molar-refractivity contribution in [3.63, 3.8) is 0 Å². The molecule has 0 aliphatic carbocycles. The van der Waals surface area contributed by atoms with Crippen LogP contribution in [-0.4, -0.2) is 44.4 Å². The smallest absolute Gasteiger partial charge is 0.260 e. The zero-order valence-corrected chi connectivity index (χ0v) is 13.6. The lowest BCUT2D eigenvalue weighted by molar-refractivity contribution is 0.107. The van der Waals surface area contributed by atoms with Crippen molar-refractivity contribution in [3.05, 3.63) is 11.3 Å². The second kappa shape index (κ2) is 6.87. The highest BCUT2D eigenvalue weighted by Crippen LogP contribution is 2.21. The van der Waals surface area contributed by atoms with E-state index in [0.717, 1.165) is 18.7 Å². The maximum absolute atomic E-state index is 12.4. The first-order chi connectivity index (χ1) is 9.95. The predicted octanol–water partition coefficient (Wildman–Crippen LogP) is 0.531. The molecule has 1 aromatic heterocycles. The molecule has 1 aliphatic heterocycles. The van der Waals surface area contributed by atoms with Gasteiger partial charge in [0.15, 0.2) is 5.03 Å². The number of aryl methyl sites for hydroxylation is 1. The summed E-state index contributed by atoms with van der Waals surface area (Å²) in [4.78, 5) is 0. The first-order valence-electron chi connectivity index (χ1n) is 7.31. The molecular formula is C13H24N4O3S. The van der Waals surface area contributed by atoms with Gasteiger partial charge in [-0.3, -0.25) is 5.10 Å². The van der Waals surface area contributed by atoms with Crippen LogP contribution in [0.3, 0.4) is 0 Å². The number of nitrogens with zero attached hydrogens (tertiary/aromatic N) is 1. The Labute approximate surface area is 125 Å². The molecular weight excluding hydrogens is 292 g/mol. The van der Waals surface area contributed by atoms with Crippen molar-refractivity contribution in [3.8, 4) is 0 Å². The summed E-state index contributed by atoms with van der Waals surface area (Å²) in [6, 6.07) is 0. The molecule has 2 atom stereocenters. The van der Waals surface area contributed by atoms with E-state index < -0.39 is 10.0 Å². The molecule has 1 aromatic rings. The van der Waals surface area contributed by atoms with E-state index in [1.54, 1.807) is 0 Å². The van der Waals surface area contributed by atoms with Gasteiger partial charge in [-0.25, -0.2) is 13.1 Å². The van der Waals surface area contributed by atoms with E-state index in [2.05, 4.69) is 20.2 Å². The van der Waals surface area contributed by atoms with E-state index in [-0.39, 0.29) is 17.0 Å². The standard InChI is InChI=1S/C13H24N4O3S/c1-4-14-8-12-9(2)16-17-13(12)21(18,19)15-7-11-5-6-20-10(11)3/h10-11,14-15H,4-8H2,1-3H3,(H,16,17). The topological polar surface area (TPSA) is 96.1 Å². The summed E-state index contributed by atoms with van der Waals surface area (Å²) in [7, 11) is -3.60. The molecule has 7 nitrogen and oxygen atoms in total. The largest absolute Gasteiger partial charge is 0.378 e. The third-order valence-corrected chi connectivity index (χ3v) is 5.30. The van der Waals surface area contributed by atoms with Crippen molar-refractivity contribution >= 4 is 10.0 Å². The Bertz CT molecular complexity index is 570. The monoisotopic (exact) mass is 316 g/mol. The number of hydrogen-bond donors (Lipinski definition) is 3. The van der Waals surface area contributed by atoms with Crippen molar-refractivity contribution < 1.29 is 13.2 Å². The Morgan fingerprint density at radius 1 is 1.48 bits per heavy atom. The molecule has 2 rings (SSSR count). The Morgan fingerprint density at radius 3 is 2.86 bits per heavy atom. The van der Waals surface area contributed by atoms with Crippen LogP contribution in [0.4, 0.5) is 0 Å². The Kier molecular flexibility index (Phi) is 5.37. The summed E-state index contributed by atoms with van der Waals surface area (Å²) in [6.45, 7) is 8.11. The number of sulfonamides is 1. The summed E-state index contributed by atoms with van der Waals surface area (Å²) in [5.41, 5.74) is 1.47. The summed E-state index contributed by atoms with van der Waals surface area (Å²) in [5, 5.41) is 9.94. The van der Waals surface area contributed by atoms with Crippen LogP contribution in [0, 0.1) is 12.8 Å². The second-order valence-electron chi connectivity index (χ2n) is 5.39. The second-order valence-corrected chi connectivity index (χ2v) is 7.07. The number of H-pyrrole nitrogens is 1. The van der Waals surface area contributed by atoms with E-state index in [1.165, 1.54) is 0 Å². The van der Waals surface area contributed by atoms with Crippen LogP contribution >= 0.6 is 0 Å². The molecule has 0 spiro atoms. The molecule has 3 N–H and O–H groups in total. The van der Waals surface area contributed by atoms with Gasteiger partial charge in [0.05, 0.1) is 6.10 Å². The molecule has 2 heterocycles. The van der Waals surface area contributed by atoms with Crippen molar-refractivity contribution in [1.29, 1.82) is 0 Å². The van der Waals surface area contributed by atoms with Crippen LogP contribution in [0.5, 0.6) is 0 Å². The van der Waals surface area contributed by atoms with Gasteiger partial charge >= 0.3 is 0 Å². The van der Waals surface area contributed by atoms with Gasteiger partial charge in [-0.1, -0.05) is 6.92 Å². The molecule has 0 bridgehead atoms. The lowest BCUT2D eigenvalue weighted by Crippen LogP contribution is -2.33. The van der Waals surface area contributed by atoms with Gasteiger partial charge in [0.25, 0.3) is 10.0 Å². The number of ether oxygens (including phenoxy) is 1. The zero-order chi connectivity index (χ0) is 15.5. The maximum atomic E-state index is 12.4. The minimum absolute atomic E-state index is 0.0903. The summed E-state index contributed by atoms with van der Waals surface area (Å²) >= 11 is 0. The molecule has 1 fully saturated rings. The van der Waals surface area contributed by atoms with Crippen molar-refractivity contribution in [2.75, 3.05) is 19.7 Å². The highest BCUT2D eigenvalue weighted by Gasteiger charge is 2.28. The molecule has 2 unspecified atom stereocenters. The number of aromatic nitrogens is 2. The van der Waals surface area contributed by atoms with Gasteiger partial charge in [0, 0.05) is 36.9 Å². The van der Waals surface area contributed by atoms with E-state index >= 15 is 0 Å². The fourth-order valence-electron chi connectivity index (χ4n) is 2.44. The van der Waals surface area contributed by atoms with Crippen LogP contribution in [0.2, 0.25) is 0 Å². The molecule has 0 aromatic carbocycles. The van der Waals surface area contributed by atoms with Crippen LogP contribution < -0.4 is 10.0 Å². The van der Waals surface area contributed by atoms with Gasteiger partial charge in [0.2, 0.25) is 0 Å². The normalized spacial score (nSPS) is 22.8. The molecule has 1 aliphatic rings. The highest BCUT2D eigenvalue weighted by molar-refractivity contribution is 7.89. The van der Waals surface area contributed by atoms with Gasteiger partial charge in [0.1, 0.15) is 0 Å². The lowest BCUT2D eigenvalue weighted by atomic mass is 10.0. The molecule has 21 heavy (non-hydrogen) atoms. The van der Waals surface area contributed by atoms with E-state index in [9.17, 15) is 8.42 Å². The molecule has 8 heteroatoms. The van der Waals surface area contributed by atoms with E-state index in [4.69, 9.17) is 4.74 Å². The van der Waals surface area contributed by atoms with Crippen LogP contribution in [0.15, 0.2) is 5.03 Å². The SMILES string of the molecule is CCNCc1c(S(=O)(=O)NCC2CCOC2C)n[nH]c1C. The molecule has 120 valence electrons. The number of aromatic amines is 1. The minimum Gasteiger partial charge on any atom is -0.378 e. The van der Waals surface area contributed by atoms with E-state index in [0.29, 0.717) is 25.3 Å². The maximum Gasteiger partial charge on any atom is 0.260 e. The first-order valence-corrected chi connectivity index (χ1v) is 8.79. The fourth-order valence-corrected chi connectivity index (χ4v) is 3.73. The van der Waals surface area contributed by atoms with Gasteiger partial charge < -0.3 is 10.1 Å². The third-order valence-electron chi connectivity index (χ3n) is 3.91. The summed E-state index contributed by atoms with van der Waals surface area (Å²) in [5.74, 6) is 0.219. The molecule has 0 saturated carbocycles. The Balaban J connectivity index is 2.08. The number of rotatable bonds is 7. The third kappa shape index (κ3) is 3.82. The summed E-state index contributed by atoms with van der Waals surface area (Å²) in [6.07, 6.45) is 0.975. The average Bonchev–Trinajstić information content (AvgIpc) is 3.01. The van der Waals surface area contributed by atoms with Crippen LogP contribution in [0.25, 0.3) is 0 Å². The van der Waals surface area contributed by atoms with Gasteiger partial charge in [-0.2, -0.15) is 5.10 Å². The fraction of sp³-hybridized carbons (Fsp3) is 0.769. The van der Waals surface area contributed by atoms with Gasteiger partial charge in [-0.05, 0) is 26.8 Å². The van der Waals surface area contributed by atoms with Crippen molar-refractivity contribution in [2.24, 2.45) is 5.92 Å². The predicted molar refractivity (Wildman–Crippen MR) is 79.4 cm³/mol. The number of nitrogens with one attached hydrogen (secondary N) is 3. The van der Waals surface area contributed by atoms with Crippen molar-refractivity contribution in [1.82, 2.24) is 20.2 Å². The quantitative estimate of drug-likeness (QED) is 0.682. The molecule has 1 saturated heterocycles. The van der Waals surface area contributed by atoms with Crippen molar-refractivity contribution in [2.45, 2.75) is 44.9 Å². The summed E-state index contributed by atoms with van der Waals surface area (Å²) < 4.78 is 33.0. The molecule has 0 radical (unpaired) electrons. The Hall–Kier alpha value is -0.960. The zero-order valence-electron chi connectivity index (χ0n) is 12.8. The Morgan fingerprint density at radius 2 is 2.24 bits per heavy atom. The lowest BCUT2D eigenvalue weighted by Gasteiger charge is -2.14. The highest BCUT2D eigenvalue weighted by atomic mass is 32.2. The van der Waals surface area contributed by atoms with E-state index in [1.807, 2.05) is 20.8 Å². The average molecular weight is 316 g/mol. The van der Waals surface area contributed by atoms with Crippen LogP contribution in [-0.2, 0) is 21.3 Å². The number of hydrogen-bond acceptors (Lipinski definition) is 5. The minimum atomic E-state index is -3.60. The molecule has 0 amide bonds. The van der Waals surface area contributed by atoms with Crippen LogP contribution in [0.1, 0.15) is 31.5 Å².